The van der Waals surface area contributed by atoms with E-state index < -0.39 is 6.04 Å². The lowest BCUT2D eigenvalue weighted by Crippen LogP contribution is -2.35. The molecule has 0 aromatic heterocycles. The van der Waals surface area contributed by atoms with Crippen LogP contribution < -0.4 is 16.4 Å². The summed E-state index contributed by atoms with van der Waals surface area (Å²) in [6.45, 7) is 3.64. The Bertz CT molecular complexity index is 203. The van der Waals surface area contributed by atoms with Gasteiger partial charge < -0.3 is 0 Å². The maximum Gasteiger partial charge on any atom is 0.254 e. The van der Waals surface area contributed by atoms with Crippen LogP contribution in [0.25, 0.3) is 0 Å². The molecule has 0 saturated carbocycles. The minimum atomic E-state index is -0.417. The Hall–Kier alpha value is -0.940. The summed E-state index contributed by atoms with van der Waals surface area (Å²) >= 11 is 0. The molecule has 5 heteroatoms. The third-order valence-corrected chi connectivity index (χ3v) is 1.80. The van der Waals surface area contributed by atoms with E-state index in [2.05, 4.69) is 16.4 Å². The van der Waals surface area contributed by atoms with Crippen LogP contribution in [0.3, 0.4) is 0 Å². The summed E-state index contributed by atoms with van der Waals surface area (Å²) in [5, 5.41) is 0. The quantitative estimate of drug-likeness (QED) is 0.515. The molecule has 1 saturated heterocycles. The molecule has 1 aliphatic heterocycles. The fourth-order valence-electron chi connectivity index (χ4n) is 0.918. The molecule has 1 aliphatic rings. The molecule has 1 fully saturated rings. The van der Waals surface area contributed by atoms with Gasteiger partial charge >= 0.3 is 0 Å². The Balaban J connectivity index is 2.40. The van der Waals surface area contributed by atoms with E-state index in [1.54, 1.807) is 0 Å². The van der Waals surface area contributed by atoms with Gasteiger partial charge in [-0.25, -0.2) is 5.43 Å². The number of hydrogen-bond acceptors (Lipinski definition) is 4. The second-order valence-electron chi connectivity index (χ2n) is 3.14. The number of hydrazine groups is 2. The number of carbonyl (C=O) groups excluding carboxylic acids is 2. The van der Waals surface area contributed by atoms with Crippen LogP contribution in [-0.4, -0.2) is 17.7 Å². The van der Waals surface area contributed by atoms with Crippen molar-refractivity contribution in [1.82, 2.24) is 16.4 Å². The van der Waals surface area contributed by atoms with Gasteiger partial charge in [-0.05, 0) is 0 Å². The second kappa shape index (κ2) is 3.64. The Kier molecular flexibility index (Phi) is 2.78. The molecule has 0 radical (unpaired) electrons. The van der Waals surface area contributed by atoms with Gasteiger partial charge in [0.05, 0.1) is 0 Å². The molecular formula is C7H13N3O2. The van der Waals surface area contributed by atoms with E-state index in [-0.39, 0.29) is 24.0 Å². The lowest BCUT2D eigenvalue weighted by Gasteiger charge is -2.07. The van der Waals surface area contributed by atoms with Gasteiger partial charge in [0.2, 0.25) is 0 Å². The SMILES string of the molecule is CC(C)C(=O)CC1NNNC1=O. The number of ketones is 1. The summed E-state index contributed by atoms with van der Waals surface area (Å²) in [4.78, 5) is 22.1. The van der Waals surface area contributed by atoms with Crippen LogP contribution in [0, 0.1) is 5.92 Å². The molecule has 1 heterocycles. The Morgan fingerprint density at radius 2 is 2.25 bits per heavy atom. The molecule has 0 aliphatic carbocycles. The van der Waals surface area contributed by atoms with E-state index in [1.807, 2.05) is 13.8 Å². The van der Waals surface area contributed by atoms with E-state index in [1.165, 1.54) is 0 Å². The molecule has 3 N–H and O–H groups in total. The van der Waals surface area contributed by atoms with Crippen LogP contribution in [0.1, 0.15) is 20.3 Å². The molecule has 68 valence electrons. The lowest BCUT2D eigenvalue weighted by molar-refractivity contribution is -0.126. The smallest absolute Gasteiger partial charge is 0.254 e. The predicted molar refractivity (Wildman–Crippen MR) is 42.7 cm³/mol. The van der Waals surface area contributed by atoms with Gasteiger partial charge in [0.15, 0.2) is 0 Å². The maximum atomic E-state index is 11.2. The Morgan fingerprint density at radius 3 is 2.67 bits per heavy atom. The van der Waals surface area contributed by atoms with Crippen LogP contribution in [0.2, 0.25) is 0 Å². The average molecular weight is 171 g/mol. The average Bonchev–Trinajstić information content (AvgIpc) is 2.36. The second-order valence-corrected chi connectivity index (χ2v) is 3.14. The molecule has 1 rings (SSSR count). The molecule has 0 spiro atoms. The predicted octanol–water partition coefficient (Wildman–Crippen LogP) is -0.891. The van der Waals surface area contributed by atoms with Crippen LogP contribution in [0.4, 0.5) is 0 Å². The van der Waals surface area contributed by atoms with Crippen LogP contribution in [0.5, 0.6) is 0 Å². The van der Waals surface area contributed by atoms with Gasteiger partial charge in [0.1, 0.15) is 11.8 Å². The van der Waals surface area contributed by atoms with E-state index in [0.29, 0.717) is 0 Å². The van der Waals surface area contributed by atoms with Gasteiger partial charge in [0.25, 0.3) is 5.91 Å². The third kappa shape index (κ3) is 2.02. The fraction of sp³-hybridized carbons (Fsp3) is 0.714. The molecule has 1 amide bonds. The number of hydrogen-bond donors (Lipinski definition) is 3. The Labute approximate surface area is 70.8 Å². The zero-order valence-corrected chi connectivity index (χ0v) is 7.18. The number of rotatable bonds is 3. The highest BCUT2D eigenvalue weighted by atomic mass is 16.2. The summed E-state index contributed by atoms with van der Waals surface area (Å²) in [5.74, 6) is -0.101. The molecule has 0 aromatic carbocycles. The first-order valence-corrected chi connectivity index (χ1v) is 3.94. The van der Waals surface area contributed by atoms with Gasteiger partial charge in [-0.2, -0.15) is 5.53 Å². The fourth-order valence-corrected chi connectivity index (χ4v) is 0.918. The molecule has 0 bridgehead atoms. The van der Waals surface area contributed by atoms with Crippen molar-refractivity contribution >= 4 is 11.7 Å². The zero-order chi connectivity index (χ0) is 9.14. The number of carbonyl (C=O) groups is 2. The molecular weight excluding hydrogens is 158 g/mol. The highest BCUT2D eigenvalue weighted by molar-refractivity contribution is 5.90. The molecule has 1 atom stereocenters. The third-order valence-electron chi connectivity index (χ3n) is 1.80. The largest absolute Gasteiger partial charge is 0.299 e. The van der Waals surface area contributed by atoms with Crippen LogP contribution >= 0.6 is 0 Å². The van der Waals surface area contributed by atoms with Crippen molar-refractivity contribution in [2.75, 3.05) is 0 Å². The summed E-state index contributed by atoms with van der Waals surface area (Å²) < 4.78 is 0. The number of Topliss-reactive ketones (excluding diaryl/α,β-unsaturated/α-hetero) is 1. The van der Waals surface area contributed by atoms with Crippen molar-refractivity contribution in [2.45, 2.75) is 26.3 Å². The topological polar surface area (TPSA) is 70.2 Å². The number of amides is 1. The van der Waals surface area contributed by atoms with Crippen LogP contribution in [0.15, 0.2) is 0 Å². The van der Waals surface area contributed by atoms with E-state index in [9.17, 15) is 9.59 Å². The van der Waals surface area contributed by atoms with Gasteiger partial charge in [-0.15, -0.1) is 0 Å². The van der Waals surface area contributed by atoms with E-state index in [0.717, 1.165) is 0 Å². The van der Waals surface area contributed by atoms with Gasteiger partial charge in [-0.1, -0.05) is 13.8 Å². The monoisotopic (exact) mass is 171 g/mol. The molecule has 5 nitrogen and oxygen atoms in total. The first-order chi connectivity index (χ1) is 5.61. The minimum Gasteiger partial charge on any atom is -0.299 e. The van der Waals surface area contributed by atoms with E-state index in [4.69, 9.17) is 0 Å². The molecule has 12 heavy (non-hydrogen) atoms. The highest BCUT2D eigenvalue weighted by Gasteiger charge is 2.26. The maximum absolute atomic E-state index is 11.2. The van der Waals surface area contributed by atoms with Crippen LogP contribution in [-0.2, 0) is 9.59 Å². The lowest BCUT2D eigenvalue weighted by atomic mass is 10.0. The van der Waals surface area contributed by atoms with Crippen molar-refractivity contribution in [3.63, 3.8) is 0 Å². The highest BCUT2D eigenvalue weighted by Crippen LogP contribution is 2.03. The standard InChI is InChI=1S/C7H13N3O2/c1-4(2)6(11)3-5-7(12)9-10-8-5/h4-5,8,10H,3H2,1-2H3,(H,9,12). The molecule has 1 unspecified atom stereocenters. The van der Waals surface area contributed by atoms with Crippen molar-refractivity contribution in [1.29, 1.82) is 0 Å². The van der Waals surface area contributed by atoms with Crippen molar-refractivity contribution in [3.8, 4) is 0 Å². The summed E-state index contributed by atoms with van der Waals surface area (Å²) in [5.41, 5.74) is 7.49. The summed E-state index contributed by atoms with van der Waals surface area (Å²) in [6.07, 6.45) is 0.247. The van der Waals surface area contributed by atoms with E-state index >= 15 is 0 Å². The summed E-state index contributed by atoms with van der Waals surface area (Å²) in [7, 11) is 0. The molecule has 0 aromatic rings. The van der Waals surface area contributed by atoms with Gasteiger partial charge in [-0.3, -0.25) is 15.0 Å². The number of nitrogens with one attached hydrogen (secondary N) is 3. The first kappa shape index (κ1) is 9.15. The minimum absolute atomic E-state index is 0.0137. The van der Waals surface area contributed by atoms with Gasteiger partial charge in [0, 0.05) is 12.3 Å². The normalized spacial score (nSPS) is 22.9. The summed E-state index contributed by atoms with van der Waals surface area (Å²) in [6, 6.07) is -0.417. The zero-order valence-electron chi connectivity index (χ0n) is 7.18. The van der Waals surface area contributed by atoms with Crippen molar-refractivity contribution < 1.29 is 9.59 Å². The Morgan fingerprint density at radius 1 is 1.58 bits per heavy atom. The first-order valence-electron chi connectivity index (χ1n) is 3.94. The van der Waals surface area contributed by atoms with Crippen molar-refractivity contribution in [3.05, 3.63) is 0 Å². The van der Waals surface area contributed by atoms with Crippen molar-refractivity contribution in [2.24, 2.45) is 5.92 Å².